The van der Waals surface area contributed by atoms with E-state index in [0.29, 0.717) is 5.56 Å². The van der Waals surface area contributed by atoms with Crippen LogP contribution in [-0.2, 0) is 25.2 Å². The lowest BCUT2D eigenvalue weighted by Crippen LogP contribution is -2.51. The molecular formula is C23H27N3O7S. The van der Waals surface area contributed by atoms with Gasteiger partial charge in [0.1, 0.15) is 11.8 Å². The second kappa shape index (κ2) is 9.07. The number of rotatable bonds is 6. The third-order valence-corrected chi connectivity index (χ3v) is 7.79. The molecule has 2 aromatic carbocycles. The molecule has 0 aliphatic carbocycles. The van der Waals surface area contributed by atoms with Gasteiger partial charge in [0.15, 0.2) is 0 Å². The molecule has 1 aliphatic rings. The number of anilines is 1. The average Bonchev–Trinajstić information content (AvgIpc) is 2.92. The third-order valence-electron chi connectivity index (χ3n) is 5.72. The number of hydrogen-bond donors (Lipinski definition) is 1. The van der Waals surface area contributed by atoms with Gasteiger partial charge >= 0.3 is 12.1 Å². The number of aliphatic carboxylic acids is 1. The lowest BCUT2D eigenvalue weighted by molar-refractivity contribution is -0.139. The molecule has 2 amide bonds. The van der Waals surface area contributed by atoms with Crippen molar-refractivity contribution in [1.82, 2.24) is 9.21 Å². The Bertz CT molecular complexity index is 1220. The SMILES string of the molecule is C[C@@H](C(=O)O)N(C(=O)CN1C(C)(C)c2ccccc2S1(=O)=O)c1ccc(OC(=O)N(C)C)cc1. The summed E-state index contributed by atoms with van der Waals surface area (Å²) in [5.74, 6) is -1.77. The van der Waals surface area contributed by atoms with E-state index in [2.05, 4.69) is 0 Å². The summed E-state index contributed by atoms with van der Waals surface area (Å²) >= 11 is 0. The fourth-order valence-corrected chi connectivity index (χ4v) is 5.86. The maximum atomic E-state index is 13.4. The van der Waals surface area contributed by atoms with Crippen molar-refractivity contribution >= 4 is 33.7 Å². The second-order valence-corrected chi connectivity index (χ2v) is 10.4. The van der Waals surface area contributed by atoms with Crippen molar-refractivity contribution in [3.8, 4) is 5.75 Å². The van der Waals surface area contributed by atoms with Gasteiger partial charge in [-0.15, -0.1) is 0 Å². The van der Waals surface area contributed by atoms with Crippen LogP contribution in [0.15, 0.2) is 53.4 Å². The van der Waals surface area contributed by atoms with Gasteiger partial charge in [-0.25, -0.2) is 18.0 Å². The fourth-order valence-electron chi connectivity index (χ4n) is 3.79. The fraction of sp³-hybridized carbons (Fsp3) is 0.348. The minimum absolute atomic E-state index is 0.123. The number of carbonyl (C=O) groups is 3. The first-order valence-corrected chi connectivity index (χ1v) is 11.9. The zero-order chi connectivity index (χ0) is 25.4. The number of benzene rings is 2. The molecule has 0 unspecified atom stereocenters. The van der Waals surface area contributed by atoms with Crippen LogP contribution in [0.5, 0.6) is 5.75 Å². The van der Waals surface area contributed by atoms with E-state index >= 15 is 0 Å². The Balaban J connectivity index is 1.93. The molecular weight excluding hydrogens is 462 g/mol. The summed E-state index contributed by atoms with van der Waals surface area (Å²) in [7, 11) is -0.912. The summed E-state index contributed by atoms with van der Waals surface area (Å²) in [6.07, 6.45) is -0.597. The van der Waals surface area contributed by atoms with E-state index in [9.17, 15) is 27.9 Å². The Morgan fingerprint density at radius 3 is 2.18 bits per heavy atom. The second-order valence-electron chi connectivity index (χ2n) is 8.60. The van der Waals surface area contributed by atoms with E-state index < -0.39 is 46.1 Å². The molecule has 11 heteroatoms. The number of amides is 2. The Hall–Kier alpha value is -3.44. The first-order chi connectivity index (χ1) is 15.8. The van der Waals surface area contributed by atoms with Crippen LogP contribution < -0.4 is 9.64 Å². The van der Waals surface area contributed by atoms with Crippen LogP contribution >= 0.6 is 0 Å². The molecule has 0 saturated heterocycles. The molecule has 1 N–H and O–H groups in total. The van der Waals surface area contributed by atoms with Crippen molar-refractivity contribution in [2.75, 3.05) is 25.5 Å². The molecule has 0 bridgehead atoms. The summed E-state index contributed by atoms with van der Waals surface area (Å²) in [6.45, 7) is 4.17. The molecule has 34 heavy (non-hydrogen) atoms. The van der Waals surface area contributed by atoms with E-state index in [1.54, 1.807) is 32.0 Å². The highest BCUT2D eigenvalue weighted by atomic mass is 32.2. The highest BCUT2D eigenvalue weighted by Gasteiger charge is 2.49. The Labute approximate surface area is 198 Å². The van der Waals surface area contributed by atoms with Crippen molar-refractivity contribution in [2.24, 2.45) is 0 Å². The minimum Gasteiger partial charge on any atom is -0.480 e. The summed E-state index contributed by atoms with van der Waals surface area (Å²) in [4.78, 5) is 39.3. The summed E-state index contributed by atoms with van der Waals surface area (Å²) in [5.41, 5.74) is -0.225. The van der Waals surface area contributed by atoms with Gasteiger partial charge < -0.3 is 14.7 Å². The summed E-state index contributed by atoms with van der Waals surface area (Å²) in [5, 5.41) is 9.60. The van der Waals surface area contributed by atoms with E-state index in [4.69, 9.17) is 4.74 Å². The molecule has 1 atom stereocenters. The number of sulfonamides is 1. The molecule has 10 nitrogen and oxygen atoms in total. The molecule has 1 heterocycles. The van der Waals surface area contributed by atoms with Crippen LogP contribution in [-0.4, -0.2) is 67.4 Å². The smallest absolute Gasteiger partial charge is 0.414 e. The van der Waals surface area contributed by atoms with Crippen LogP contribution in [0.2, 0.25) is 0 Å². The number of carbonyl (C=O) groups excluding carboxylic acids is 2. The monoisotopic (exact) mass is 489 g/mol. The average molecular weight is 490 g/mol. The lowest BCUT2D eigenvalue weighted by atomic mass is 9.94. The van der Waals surface area contributed by atoms with Crippen LogP contribution in [0.1, 0.15) is 26.3 Å². The van der Waals surface area contributed by atoms with E-state index in [0.717, 1.165) is 9.21 Å². The molecule has 3 rings (SSSR count). The van der Waals surface area contributed by atoms with Crippen LogP contribution in [0.4, 0.5) is 10.5 Å². The number of carboxylic acids is 1. The molecule has 2 aromatic rings. The maximum absolute atomic E-state index is 13.4. The Morgan fingerprint density at radius 2 is 1.65 bits per heavy atom. The number of ether oxygens (including phenoxy) is 1. The number of carboxylic acid groups (broad SMARTS) is 1. The quantitative estimate of drug-likeness (QED) is 0.661. The van der Waals surface area contributed by atoms with Gasteiger partial charge in [-0.05, 0) is 56.7 Å². The first kappa shape index (κ1) is 25.2. The van der Waals surface area contributed by atoms with Crippen LogP contribution in [0.25, 0.3) is 0 Å². The predicted octanol–water partition coefficient (Wildman–Crippen LogP) is 2.49. The standard InChI is InChI=1S/C23H27N3O7S/c1-15(21(28)29)26(16-10-12-17(13-11-16)33-22(30)24(4)5)20(27)14-25-23(2,3)18-8-6-7-9-19(18)34(25,31)32/h6-13,15H,14H2,1-5H3,(H,28,29)/t15-/m0/s1. The highest BCUT2D eigenvalue weighted by molar-refractivity contribution is 7.89. The van der Waals surface area contributed by atoms with Gasteiger partial charge in [0.2, 0.25) is 15.9 Å². The van der Waals surface area contributed by atoms with Crippen LogP contribution in [0, 0.1) is 0 Å². The summed E-state index contributed by atoms with van der Waals surface area (Å²) < 4.78 is 32.6. The van der Waals surface area contributed by atoms with Gasteiger partial charge in [0, 0.05) is 19.8 Å². The molecule has 0 aromatic heterocycles. The van der Waals surface area contributed by atoms with Crippen molar-refractivity contribution < 1.29 is 32.6 Å². The van der Waals surface area contributed by atoms with Gasteiger partial charge in [0.25, 0.3) is 0 Å². The molecule has 0 spiro atoms. The lowest BCUT2D eigenvalue weighted by Gasteiger charge is -2.33. The van der Waals surface area contributed by atoms with E-state index in [-0.39, 0.29) is 16.3 Å². The van der Waals surface area contributed by atoms with Crippen molar-refractivity contribution in [3.05, 3.63) is 54.1 Å². The third kappa shape index (κ3) is 4.48. The van der Waals surface area contributed by atoms with Crippen molar-refractivity contribution in [2.45, 2.75) is 37.2 Å². The number of nitrogens with zero attached hydrogens (tertiary/aromatic N) is 3. The van der Waals surface area contributed by atoms with Gasteiger partial charge in [-0.1, -0.05) is 18.2 Å². The first-order valence-electron chi connectivity index (χ1n) is 10.4. The minimum atomic E-state index is -3.96. The van der Waals surface area contributed by atoms with Crippen molar-refractivity contribution in [1.29, 1.82) is 0 Å². The highest BCUT2D eigenvalue weighted by Crippen LogP contribution is 2.43. The van der Waals surface area contributed by atoms with Gasteiger partial charge in [-0.2, -0.15) is 4.31 Å². The topological polar surface area (TPSA) is 125 Å². The van der Waals surface area contributed by atoms with Gasteiger partial charge in [0.05, 0.1) is 17.0 Å². The molecule has 182 valence electrons. The Kier molecular flexibility index (Phi) is 6.72. The maximum Gasteiger partial charge on any atom is 0.414 e. The zero-order valence-electron chi connectivity index (χ0n) is 19.5. The predicted molar refractivity (Wildman–Crippen MR) is 124 cm³/mol. The molecule has 0 radical (unpaired) electrons. The van der Waals surface area contributed by atoms with E-state index in [1.165, 1.54) is 56.3 Å². The number of fused-ring (bicyclic) bond motifs is 1. The number of hydrogen-bond acceptors (Lipinski definition) is 6. The van der Waals surface area contributed by atoms with E-state index in [1.807, 2.05) is 0 Å². The van der Waals surface area contributed by atoms with Gasteiger partial charge in [-0.3, -0.25) is 9.69 Å². The van der Waals surface area contributed by atoms with Crippen molar-refractivity contribution in [3.63, 3.8) is 0 Å². The molecule has 1 aliphatic heterocycles. The normalized spacial score (nSPS) is 16.9. The molecule has 0 saturated carbocycles. The Morgan fingerprint density at radius 1 is 1.06 bits per heavy atom. The zero-order valence-corrected chi connectivity index (χ0v) is 20.4. The van der Waals surface area contributed by atoms with Crippen LogP contribution in [0.3, 0.4) is 0 Å². The largest absolute Gasteiger partial charge is 0.480 e. The summed E-state index contributed by atoms with van der Waals surface area (Å²) in [6, 6.07) is 11.0. The molecule has 0 fully saturated rings.